The quantitative estimate of drug-likeness (QED) is 0.0173. The number of aliphatic hydroxyl groups is 2. The minimum Gasteiger partial charge on any atom is -0.480 e. The van der Waals surface area contributed by atoms with Gasteiger partial charge in [0.05, 0.1) is 25.4 Å². The standard InChI is InChI=1S/C46H74NO13P/c1-3-5-7-8-9-10-11-12-13-14-15-16-17-18-19-20-25-29-44(51)57-34-38(35-58-61(55,56)59-36-41(47)46(53)54)60-45(52)30-26-22-21-24-28-39-40(43(50)33-42(39)49)32-31-37(48)27-23-6-4-2/h9-10,12-13,15-16,18-19,21,24,31-32,37-42,48-49H,3-8,11,14,17,20,22-23,25-30,33-36,47H2,1-2H3,(H,53,54)(H,55,56)/b10-9-,13-12-,16-15-,19-18-,24-21-,32-31+/t37-,38+,39+,40+,41-,42-/m0/s1. The number of ether oxygens (including phenoxy) is 2. The summed E-state index contributed by atoms with van der Waals surface area (Å²) < 4.78 is 32.6. The number of phosphoric acid groups is 1. The van der Waals surface area contributed by atoms with Crippen molar-refractivity contribution in [3.8, 4) is 0 Å². The summed E-state index contributed by atoms with van der Waals surface area (Å²) in [6.07, 6.45) is 34.9. The van der Waals surface area contributed by atoms with Crippen LogP contribution in [0.15, 0.2) is 72.9 Å². The highest BCUT2D eigenvalue weighted by Crippen LogP contribution is 2.43. The maximum absolute atomic E-state index is 12.7. The molecule has 0 heterocycles. The highest BCUT2D eigenvalue weighted by molar-refractivity contribution is 7.47. The van der Waals surface area contributed by atoms with Gasteiger partial charge in [0.25, 0.3) is 0 Å². The number of carbonyl (C=O) groups excluding carboxylic acids is 3. The molecule has 1 aliphatic rings. The molecule has 0 spiro atoms. The van der Waals surface area contributed by atoms with Crippen LogP contribution in [0.4, 0.5) is 0 Å². The molecule has 0 aliphatic heterocycles. The highest BCUT2D eigenvalue weighted by Gasteiger charge is 2.39. The number of rotatable bonds is 36. The van der Waals surface area contributed by atoms with E-state index in [1.165, 1.54) is 19.3 Å². The molecule has 15 heteroatoms. The van der Waals surface area contributed by atoms with Crippen LogP contribution in [0.2, 0.25) is 0 Å². The van der Waals surface area contributed by atoms with Gasteiger partial charge in [-0.1, -0.05) is 119 Å². The Kier molecular flexibility index (Phi) is 31.9. The van der Waals surface area contributed by atoms with E-state index in [0.29, 0.717) is 38.5 Å². The van der Waals surface area contributed by atoms with Crippen LogP contribution in [-0.2, 0) is 42.3 Å². The molecule has 0 bridgehead atoms. The van der Waals surface area contributed by atoms with Crippen molar-refractivity contribution in [2.24, 2.45) is 17.6 Å². The summed E-state index contributed by atoms with van der Waals surface area (Å²) in [5, 5.41) is 29.6. The van der Waals surface area contributed by atoms with Gasteiger partial charge in [0.2, 0.25) is 0 Å². The molecule has 346 valence electrons. The fraction of sp³-hybridized carbons (Fsp3) is 0.652. The number of carbonyl (C=O) groups is 4. The van der Waals surface area contributed by atoms with Gasteiger partial charge in [-0.25, -0.2) is 4.57 Å². The van der Waals surface area contributed by atoms with Crippen molar-refractivity contribution in [2.75, 3.05) is 19.8 Å². The van der Waals surface area contributed by atoms with Gasteiger partial charge in [-0.05, 0) is 70.6 Å². The second kappa shape index (κ2) is 35.0. The number of unbranched alkanes of at least 4 members (excludes halogenated alkanes) is 7. The average Bonchev–Trinajstić information content (AvgIpc) is 3.49. The Hall–Kier alpha value is -3.49. The zero-order chi connectivity index (χ0) is 45.1. The minimum absolute atomic E-state index is 0.0452. The van der Waals surface area contributed by atoms with Crippen molar-refractivity contribution in [3.05, 3.63) is 72.9 Å². The predicted molar refractivity (Wildman–Crippen MR) is 236 cm³/mol. The zero-order valence-electron chi connectivity index (χ0n) is 36.4. The molecule has 0 amide bonds. The number of aliphatic hydroxyl groups excluding tert-OH is 2. The number of allylic oxidation sites excluding steroid dienone is 11. The lowest BCUT2D eigenvalue weighted by atomic mass is 9.90. The van der Waals surface area contributed by atoms with Gasteiger partial charge in [0, 0.05) is 31.1 Å². The SMILES string of the molecule is CCCCC/C=C\C/C=C\C/C=C\C/C=C\CCCC(=O)OC[C@H](COP(=O)(O)OC[C@H](N)C(=O)O)OC(=O)CCC/C=C\C[C@H]1[C@@H](O)CC(=O)[C@@H]1/C=C/[C@@H](O)CCCCC. The van der Waals surface area contributed by atoms with Crippen LogP contribution in [0.25, 0.3) is 0 Å². The van der Waals surface area contributed by atoms with E-state index in [2.05, 4.69) is 54.8 Å². The van der Waals surface area contributed by atoms with E-state index in [-0.39, 0.29) is 31.0 Å². The summed E-state index contributed by atoms with van der Waals surface area (Å²) in [6, 6.07) is -1.58. The normalized spacial score (nSPS) is 19.8. The van der Waals surface area contributed by atoms with E-state index in [1.807, 2.05) is 24.3 Å². The second-order valence-corrected chi connectivity index (χ2v) is 16.7. The molecular weight excluding hydrogens is 805 g/mol. The third-order valence-corrected chi connectivity index (χ3v) is 10.8. The third kappa shape index (κ3) is 29.4. The largest absolute Gasteiger partial charge is 0.480 e. The van der Waals surface area contributed by atoms with Gasteiger partial charge in [-0.15, -0.1) is 0 Å². The smallest absolute Gasteiger partial charge is 0.472 e. The predicted octanol–water partition coefficient (Wildman–Crippen LogP) is 8.31. The lowest BCUT2D eigenvalue weighted by molar-refractivity contribution is -0.161. The zero-order valence-corrected chi connectivity index (χ0v) is 37.3. The summed E-state index contributed by atoms with van der Waals surface area (Å²) in [6.45, 7) is 2.32. The van der Waals surface area contributed by atoms with Crippen LogP contribution in [0.3, 0.4) is 0 Å². The minimum atomic E-state index is -4.81. The Balaban J connectivity index is 2.56. The number of esters is 2. The molecule has 0 saturated heterocycles. The fourth-order valence-corrected chi connectivity index (χ4v) is 6.99. The first-order chi connectivity index (χ1) is 29.3. The molecule has 6 N–H and O–H groups in total. The molecule has 0 aromatic rings. The van der Waals surface area contributed by atoms with Gasteiger partial charge < -0.3 is 35.4 Å². The van der Waals surface area contributed by atoms with E-state index in [9.17, 15) is 38.8 Å². The van der Waals surface area contributed by atoms with Crippen LogP contribution in [0, 0.1) is 11.8 Å². The first-order valence-corrected chi connectivity index (χ1v) is 23.6. The number of ketones is 1. The fourth-order valence-electron chi connectivity index (χ4n) is 6.21. The number of carboxylic acid groups (broad SMARTS) is 1. The Morgan fingerprint density at radius 3 is 1.92 bits per heavy atom. The van der Waals surface area contributed by atoms with Crippen LogP contribution in [0.1, 0.15) is 136 Å². The molecule has 61 heavy (non-hydrogen) atoms. The first-order valence-electron chi connectivity index (χ1n) is 22.1. The molecule has 14 nitrogen and oxygen atoms in total. The Morgan fingerprint density at radius 1 is 0.770 bits per heavy atom. The van der Waals surface area contributed by atoms with Gasteiger partial charge >= 0.3 is 25.7 Å². The number of aliphatic carboxylic acids is 1. The Labute approximate surface area is 363 Å². The van der Waals surface area contributed by atoms with E-state index in [1.54, 1.807) is 12.2 Å². The summed E-state index contributed by atoms with van der Waals surface area (Å²) in [5.74, 6) is -3.56. The van der Waals surface area contributed by atoms with E-state index in [0.717, 1.165) is 44.9 Å². The van der Waals surface area contributed by atoms with Crippen molar-refractivity contribution in [3.63, 3.8) is 0 Å². The van der Waals surface area contributed by atoms with Gasteiger partial charge in [-0.2, -0.15) is 0 Å². The number of nitrogens with two attached hydrogens (primary N) is 1. The topological polar surface area (TPSA) is 229 Å². The van der Waals surface area contributed by atoms with Crippen molar-refractivity contribution in [2.45, 2.75) is 160 Å². The monoisotopic (exact) mass is 879 g/mol. The molecule has 0 radical (unpaired) electrons. The van der Waals surface area contributed by atoms with Crippen molar-refractivity contribution in [1.29, 1.82) is 0 Å². The van der Waals surface area contributed by atoms with Gasteiger partial charge in [0.1, 0.15) is 18.4 Å². The maximum Gasteiger partial charge on any atom is 0.472 e. The summed E-state index contributed by atoms with van der Waals surface area (Å²) in [7, 11) is -4.81. The van der Waals surface area contributed by atoms with Crippen LogP contribution in [0.5, 0.6) is 0 Å². The molecule has 0 aromatic heterocycles. The average molecular weight is 880 g/mol. The third-order valence-electron chi connectivity index (χ3n) is 9.80. The van der Waals surface area contributed by atoms with Crippen LogP contribution < -0.4 is 5.73 Å². The number of hydrogen-bond acceptors (Lipinski definition) is 12. The highest BCUT2D eigenvalue weighted by atomic mass is 31.2. The number of hydrogen-bond donors (Lipinski definition) is 5. The van der Waals surface area contributed by atoms with Gasteiger partial charge in [-0.3, -0.25) is 28.2 Å². The van der Waals surface area contributed by atoms with E-state index >= 15 is 0 Å². The first kappa shape index (κ1) is 55.5. The van der Waals surface area contributed by atoms with Crippen LogP contribution >= 0.6 is 7.82 Å². The molecule has 1 saturated carbocycles. The number of phosphoric ester groups is 1. The summed E-state index contributed by atoms with van der Waals surface area (Å²) in [4.78, 5) is 58.7. The van der Waals surface area contributed by atoms with Crippen molar-refractivity contribution < 1.29 is 62.5 Å². The van der Waals surface area contributed by atoms with E-state index in [4.69, 9.17) is 24.8 Å². The molecule has 7 atom stereocenters. The molecular formula is C46H74NO13P. The Bertz CT molecular complexity index is 1470. The van der Waals surface area contributed by atoms with E-state index < -0.39 is 75.8 Å². The molecule has 1 unspecified atom stereocenters. The van der Waals surface area contributed by atoms with Crippen molar-refractivity contribution >= 4 is 31.5 Å². The Morgan fingerprint density at radius 2 is 1.31 bits per heavy atom. The number of carboxylic acids is 1. The molecule has 0 aromatic carbocycles. The van der Waals surface area contributed by atoms with Crippen LogP contribution in [-0.4, -0.2) is 88.1 Å². The molecule has 1 rings (SSSR count). The lowest BCUT2D eigenvalue weighted by Gasteiger charge is -2.20. The lowest BCUT2D eigenvalue weighted by Crippen LogP contribution is -2.34. The molecule has 1 fully saturated rings. The van der Waals surface area contributed by atoms with Crippen molar-refractivity contribution in [1.82, 2.24) is 0 Å². The van der Waals surface area contributed by atoms with Gasteiger partial charge in [0.15, 0.2) is 6.10 Å². The molecule has 1 aliphatic carbocycles. The number of Topliss-reactive ketones (excluding diaryl/α,β-unsaturated/α-hetero) is 1. The summed E-state index contributed by atoms with van der Waals surface area (Å²) in [5.41, 5.74) is 5.32. The summed E-state index contributed by atoms with van der Waals surface area (Å²) >= 11 is 0. The second-order valence-electron chi connectivity index (χ2n) is 15.3. The maximum atomic E-state index is 12.7.